The van der Waals surface area contributed by atoms with Gasteiger partial charge >= 0.3 is 0 Å². The topological polar surface area (TPSA) is 9.23 Å². The maximum atomic E-state index is 5.46. The van der Waals surface area contributed by atoms with Gasteiger partial charge in [0.2, 0.25) is 0 Å². The normalized spacial score (nSPS) is 12.3. The van der Waals surface area contributed by atoms with E-state index in [4.69, 9.17) is 4.74 Å². The van der Waals surface area contributed by atoms with Crippen LogP contribution in [0.4, 0.5) is 0 Å². The molecule has 0 aliphatic heterocycles. The van der Waals surface area contributed by atoms with Gasteiger partial charge < -0.3 is 4.74 Å². The largest absolute Gasteiger partial charge is 0.496 e. The molecule has 0 aliphatic carbocycles. The van der Waals surface area contributed by atoms with Crippen molar-refractivity contribution in [3.63, 3.8) is 0 Å². The van der Waals surface area contributed by atoms with Crippen LogP contribution in [-0.4, -0.2) is 12.4 Å². The van der Waals surface area contributed by atoms with Crippen LogP contribution in [0.3, 0.4) is 0 Å². The highest BCUT2D eigenvalue weighted by Crippen LogP contribution is 2.24. The van der Waals surface area contributed by atoms with Crippen LogP contribution in [0.1, 0.15) is 63.9 Å². The molecular weight excluding hydrogens is 324 g/mol. The second kappa shape index (κ2) is 12.1. The van der Waals surface area contributed by atoms with Gasteiger partial charge in [-0.25, -0.2) is 0 Å². The number of hydrogen-bond donors (Lipinski definition) is 0. The number of benzene rings is 1. The third kappa shape index (κ3) is 7.90. The van der Waals surface area contributed by atoms with Crippen molar-refractivity contribution in [2.24, 2.45) is 5.92 Å². The number of ether oxygens (including phenoxy) is 1. The fraction of sp³-hybridized carbons (Fsp3) is 0.684. The van der Waals surface area contributed by atoms with Crippen LogP contribution < -0.4 is 4.74 Å². The summed E-state index contributed by atoms with van der Waals surface area (Å²) in [6, 6.07) is 8.41. The lowest BCUT2D eigenvalue weighted by molar-refractivity contribution is 0.403. The number of rotatable bonds is 12. The van der Waals surface area contributed by atoms with Crippen molar-refractivity contribution in [2.75, 3.05) is 12.4 Å². The molecule has 1 nitrogen and oxygen atoms in total. The van der Waals surface area contributed by atoms with Gasteiger partial charge in [0, 0.05) is 5.33 Å². The number of unbranched alkanes of at least 4 members (excludes halogenated alkanes) is 6. The Morgan fingerprint density at radius 1 is 1.00 bits per heavy atom. The zero-order valence-electron chi connectivity index (χ0n) is 13.7. The Hall–Kier alpha value is -0.500. The van der Waals surface area contributed by atoms with Crippen LogP contribution in [0.15, 0.2) is 24.3 Å². The van der Waals surface area contributed by atoms with E-state index in [0.29, 0.717) is 0 Å². The quantitative estimate of drug-likeness (QED) is 0.312. The zero-order chi connectivity index (χ0) is 15.3. The van der Waals surface area contributed by atoms with E-state index in [2.05, 4.69) is 41.1 Å². The molecule has 0 amide bonds. The molecule has 1 aromatic carbocycles. The summed E-state index contributed by atoms with van der Waals surface area (Å²) < 4.78 is 5.46. The first-order chi connectivity index (χ1) is 10.3. The van der Waals surface area contributed by atoms with Gasteiger partial charge in [-0.1, -0.05) is 86.0 Å². The summed E-state index contributed by atoms with van der Waals surface area (Å²) in [7, 11) is 1.76. The van der Waals surface area contributed by atoms with E-state index >= 15 is 0 Å². The van der Waals surface area contributed by atoms with Gasteiger partial charge in [-0.15, -0.1) is 0 Å². The molecule has 1 rings (SSSR count). The lowest BCUT2D eigenvalue weighted by Gasteiger charge is -2.16. The average Bonchev–Trinajstić information content (AvgIpc) is 2.53. The Bertz CT molecular complexity index is 364. The van der Waals surface area contributed by atoms with Crippen molar-refractivity contribution in [2.45, 2.75) is 64.7 Å². The van der Waals surface area contributed by atoms with E-state index < -0.39 is 0 Å². The highest BCUT2D eigenvalue weighted by molar-refractivity contribution is 9.09. The minimum absolute atomic E-state index is 0.719. The predicted molar refractivity (Wildman–Crippen MR) is 96.6 cm³/mol. The molecule has 0 saturated carbocycles. The van der Waals surface area contributed by atoms with E-state index in [-0.39, 0.29) is 0 Å². The molecule has 1 aromatic rings. The second-order valence-electron chi connectivity index (χ2n) is 5.95. The number of halogens is 1. The molecule has 21 heavy (non-hydrogen) atoms. The van der Waals surface area contributed by atoms with E-state index in [1.807, 2.05) is 6.07 Å². The van der Waals surface area contributed by atoms with Crippen molar-refractivity contribution < 1.29 is 4.74 Å². The SMILES string of the molecule is CCCCCCCCCC(CBr)Cc1ccccc1OC. The van der Waals surface area contributed by atoms with Gasteiger partial charge in [0.1, 0.15) is 5.75 Å². The van der Waals surface area contributed by atoms with Crippen molar-refractivity contribution in [3.8, 4) is 5.75 Å². The number of alkyl halides is 1. The summed E-state index contributed by atoms with van der Waals surface area (Å²) in [6.45, 7) is 2.28. The minimum Gasteiger partial charge on any atom is -0.496 e. The Morgan fingerprint density at radius 2 is 1.67 bits per heavy atom. The minimum atomic E-state index is 0.719. The van der Waals surface area contributed by atoms with Gasteiger partial charge in [-0.05, 0) is 30.4 Å². The average molecular weight is 355 g/mol. The first kappa shape index (κ1) is 18.5. The number of methoxy groups -OCH3 is 1. The fourth-order valence-corrected chi connectivity index (χ4v) is 3.36. The number of hydrogen-bond acceptors (Lipinski definition) is 1. The zero-order valence-corrected chi connectivity index (χ0v) is 15.3. The second-order valence-corrected chi connectivity index (χ2v) is 6.59. The predicted octanol–water partition coefficient (Wildman–Crippen LogP) is 6.39. The molecule has 120 valence electrons. The summed E-state index contributed by atoms with van der Waals surface area (Å²) in [5, 5.41) is 1.08. The molecule has 0 aliphatic rings. The lowest BCUT2D eigenvalue weighted by Crippen LogP contribution is -2.07. The maximum Gasteiger partial charge on any atom is 0.122 e. The highest BCUT2D eigenvalue weighted by Gasteiger charge is 2.11. The van der Waals surface area contributed by atoms with Gasteiger partial charge in [0.15, 0.2) is 0 Å². The molecule has 0 aromatic heterocycles. The molecule has 1 atom stereocenters. The van der Waals surface area contributed by atoms with Crippen molar-refractivity contribution in [3.05, 3.63) is 29.8 Å². The van der Waals surface area contributed by atoms with Crippen LogP contribution in [0.5, 0.6) is 5.75 Å². The number of para-hydroxylation sites is 1. The van der Waals surface area contributed by atoms with Crippen molar-refractivity contribution in [1.29, 1.82) is 0 Å². The van der Waals surface area contributed by atoms with Gasteiger partial charge in [0.25, 0.3) is 0 Å². The van der Waals surface area contributed by atoms with Crippen LogP contribution in [0.25, 0.3) is 0 Å². The maximum absolute atomic E-state index is 5.46. The molecule has 0 saturated heterocycles. The summed E-state index contributed by atoms with van der Waals surface area (Å²) in [5.74, 6) is 1.75. The fourth-order valence-electron chi connectivity index (χ4n) is 2.81. The van der Waals surface area contributed by atoms with E-state index in [1.165, 1.54) is 56.9 Å². The molecule has 0 spiro atoms. The standard InChI is InChI=1S/C19H31BrO/c1-3-4-5-6-7-8-9-12-17(16-20)15-18-13-10-11-14-19(18)21-2/h10-11,13-14,17H,3-9,12,15-16H2,1-2H3. The van der Waals surface area contributed by atoms with Crippen molar-refractivity contribution in [1.82, 2.24) is 0 Å². The first-order valence-electron chi connectivity index (χ1n) is 8.49. The van der Waals surface area contributed by atoms with Gasteiger partial charge in [-0.3, -0.25) is 0 Å². The highest BCUT2D eigenvalue weighted by atomic mass is 79.9. The molecule has 0 radical (unpaired) electrons. The van der Waals surface area contributed by atoms with Crippen molar-refractivity contribution >= 4 is 15.9 Å². The summed E-state index contributed by atoms with van der Waals surface area (Å²) in [6.07, 6.45) is 12.2. The molecule has 0 bridgehead atoms. The molecule has 1 unspecified atom stereocenters. The summed E-state index contributed by atoms with van der Waals surface area (Å²) in [5.41, 5.74) is 1.34. The lowest BCUT2D eigenvalue weighted by atomic mass is 9.94. The van der Waals surface area contributed by atoms with E-state index in [1.54, 1.807) is 7.11 Å². The van der Waals surface area contributed by atoms with E-state index in [9.17, 15) is 0 Å². The molecule has 2 heteroatoms. The molecule has 0 heterocycles. The van der Waals surface area contributed by atoms with Crippen LogP contribution >= 0.6 is 15.9 Å². The third-order valence-electron chi connectivity index (χ3n) is 4.14. The van der Waals surface area contributed by atoms with Gasteiger partial charge in [0.05, 0.1) is 7.11 Å². The summed E-state index contributed by atoms with van der Waals surface area (Å²) >= 11 is 3.68. The van der Waals surface area contributed by atoms with Crippen LogP contribution in [0.2, 0.25) is 0 Å². The molecule has 0 N–H and O–H groups in total. The molecule has 0 fully saturated rings. The van der Waals surface area contributed by atoms with Crippen LogP contribution in [0, 0.1) is 5.92 Å². The Labute approximate surface area is 139 Å². The first-order valence-corrected chi connectivity index (χ1v) is 9.61. The third-order valence-corrected chi connectivity index (χ3v) is 5.05. The molecular formula is C19H31BrO. The Morgan fingerprint density at radius 3 is 2.33 bits per heavy atom. The van der Waals surface area contributed by atoms with Gasteiger partial charge in [-0.2, -0.15) is 0 Å². The monoisotopic (exact) mass is 354 g/mol. The van der Waals surface area contributed by atoms with E-state index in [0.717, 1.165) is 23.4 Å². The van der Waals surface area contributed by atoms with Crippen LogP contribution in [-0.2, 0) is 6.42 Å². The Kier molecular flexibility index (Phi) is 10.7. The Balaban J connectivity index is 2.25. The summed E-state index contributed by atoms with van der Waals surface area (Å²) in [4.78, 5) is 0. The smallest absolute Gasteiger partial charge is 0.122 e.